The minimum atomic E-state index is -3.65. The van der Waals surface area contributed by atoms with Gasteiger partial charge in [0.2, 0.25) is 0 Å². The fraction of sp³-hybridized carbons (Fsp3) is 0. The van der Waals surface area contributed by atoms with E-state index in [9.17, 15) is 12.8 Å². The van der Waals surface area contributed by atoms with Crippen LogP contribution < -0.4 is 4.72 Å². The summed E-state index contributed by atoms with van der Waals surface area (Å²) < 4.78 is 38.8. The van der Waals surface area contributed by atoms with Gasteiger partial charge in [-0.15, -0.1) is 0 Å². The Morgan fingerprint density at radius 3 is 2.06 bits per heavy atom. The van der Waals surface area contributed by atoms with Gasteiger partial charge in [-0.1, -0.05) is 18.2 Å². The summed E-state index contributed by atoms with van der Waals surface area (Å²) in [5, 5.41) is 0. The van der Waals surface area contributed by atoms with E-state index in [1.165, 1.54) is 12.1 Å². The van der Waals surface area contributed by atoms with Gasteiger partial charge in [-0.05, 0) is 36.4 Å². The summed E-state index contributed by atoms with van der Waals surface area (Å²) in [5.41, 5.74) is 0.469. The fourth-order valence-electron chi connectivity index (χ4n) is 1.33. The maximum atomic E-state index is 12.7. The summed E-state index contributed by atoms with van der Waals surface area (Å²) >= 11 is 0. The van der Waals surface area contributed by atoms with Gasteiger partial charge < -0.3 is 0 Å². The Morgan fingerprint density at radius 1 is 0.882 bits per heavy atom. The molecule has 0 saturated heterocycles. The van der Waals surface area contributed by atoms with Crippen molar-refractivity contribution in [1.82, 2.24) is 0 Å². The highest BCUT2D eigenvalue weighted by Gasteiger charge is 2.13. The van der Waals surface area contributed by atoms with Crippen LogP contribution >= 0.6 is 0 Å². The molecule has 0 bridgehead atoms. The Hall–Kier alpha value is -1.88. The SMILES string of the molecule is O=S(=O)(Nc1ccccc1)c1ccc(F)cc1. The van der Waals surface area contributed by atoms with Crippen molar-refractivity contribution in [3.63, 3.8) is 0 Å². The first-order valence-electron chi connectivity index (χ1n) is 4.91. The highest BCUT2D eigenvalue weighted by atomic mass is 32.2. The lowest BCUT2D eigenvalue weighted by Gasteiger charge is -2.07. The van der Waals surface area contributed by atoms with E-state index in [4.69, 9.17) is 0 Å². The van der Waals surface area contributed by atoms with Gasteiger partial charge >= 0.3 is 0 Å². The first kappa shape index (κ1) is 11.6. The van der Waals surface area contributed by atoms with Crippen molar-refractivity contribution < 1.29 is 12.8 Å². The summed E-state index contributed by atoms with van der Waals surface area (Å²) in [7, 11) is -3.65. The molecule has 0 unspecified atom stereocenters. The van der Waals surface area contributed by atoms with Gasteiger partial charge in [0.1, 0.15) is 5.82 Å². The highest BCUT2D eigenvalue weighted by Crippen LogP contribution is 2.15. The molecule has 0 aliphatic rings. The topological polar surface area (TPSA) is 46.2 Å². The molecule has 0 aliphatic heterocycles. The monoisotopic (exact) mass is 251 g/mol. The van der Waals surface area contributed by atoms with Gasteiger partial charge in [0.25, 0.3) is 10.0 Å². The molecule has 0 heterocycles. The molecule has 17 heavy (non-hydrogen) atoms. The number of sulfonamides is 1. The lowest BCUT2D eigenvalue weighted by Crippen LogP contribution is -2.12. The van der Waals surface area contributed by atoms with Gasteiger partial charge in [-0.25, -0.2) is 12.8 Å². The van der Waals surface area contributed by atoms with E-state index < -0.39 is 15.8 Å². The Morgan fingerprint density at radius 2 is 1.47 bits per heavy atom. The Balaban J connectivity index is 2.29. The van der Waals surface area contributed by atoms with Crippen LogP contribution in [0.3, 0.4) is 0 Å². The molecule has 0 aliphatic carbocycles. The van der Waals surface area contributed by atoms with Crippen molar-refractivity contribution in [3.8, 4) is 0 Å². The van der Waals surface area contributed by atoms with Crippen molar-refractivity contribution in [2.75, 3.05) is 4.72 Å². The molecular formula is C12H10FNO2S. The van der Waals surface area contributed by atoms with Crippen LogP contribution in [0.15, 0.2) is 59.5 Å². The smallest absolute Gasteiger partial charge is 0.261 e. The molecule has 0 aromatic heterocycles. The van der Waals surface area contributed by atoms with Crippen LogP contribution in [0.4, 0.5) is 10.1 Å². The quantitative estimate of drug-likeness (QED) is 0.911. The van der Waals surface area contributed by atoms with Crippen LogP contribution in [0.25, 0.3) is 0 Å². The summed E-state index contributed by atoms with van der Waals surface area (Å²) in [6.45, 7) is 0. The van der Waals surface area contributed by atoms with Crippen molar-refractivity contribution in [1.29, 1.82) is 0 Å². The van der Waals surface area contributed by atoms with Crippen molar-refractivity contribution >= 4 is 15.7 Å². The van der Waals surface area contributed by atoms with E-state index in [1.54, 1.807) is 30.3 Å². The van der Waals surface area contributed by atoms with E-state index in [-0.39, 0.29) is 4.90 Å². The second kappa shape index (κ2) is 4.55. The van der Waals surface area contributed by atoms with Crippen LogP contribution in [0.1, 0.15) is 0 Å². The molecule has 5 heteroatoms. The number of para-hydroxylation sites is 1. The van der Waals surface area contributed by atoms with Gasteiger partial charge in [-0.2, -0.15) is 0 Å². The van der Waals surface area contributed by atoms with Crippen LogP contribution in [-0.4, -0.2) is 8.42 Å². The zero-order valence-electron chi connectivity index (χ0n) is 8.80. The third kappa shape index (κ3) is 2.82. The van der Waals surface area contributed by atoms with Crippen LogP contribution in [0, 0.1) is 5.82 Å². The Bertz CT molecular complexity index is 594. The number of rotatable bonds is 3. The minimum Gasteiger partial charge on any atom is -0.280 e. The molecular weight excluding hydrogens is 241 g/mol. The summed E-state index contributed by atoms with van der Waals surface area (Å²) in [6.07, 6.45) is 0. The molecule has 3 nitrogen and oxygen atoms in total. The molecule has 0 radical (unpaired) electrons. The van der Waals surface area contributed by atoms with E-state index in [0.717, 1.165) is 12.1 Å². The van der Waals surface area contributed by atoms with Crippen molar-refractivity contribution in [2.45, 2.75) is 4.90 Å². The minimum absolute atomic E-state index is 0.0303. The number of hydrogen-bond donors (Lipinski definition) is 1. The number of anilines is 1. The lowest BCUT2D eigenvalue weighted by atomic mass is 10.3. The van der Waals surface area contributed by atoms with Crippen LogP contribution in [0.2, 0.25) is 0 Å². The average molecular weight is 251 g/mol. The van der Waals surface area contributed by atoms with Gasteiger partial charge in [0.05, 0.1) is 4.90 Å². The second-order valence-electron chi connectivity index (χ2n) is 3.43. The summed E-state index contributed by atoms with van der Waals surface area (Å²) in [5.74, 6) is -0.469. The number of nitrogens with one attached hydrogen (secondary N) is 1. The lowest BCUT2D eigenvalue weighted by molar-refractivity contribution is 0.599. The summed E-state index contributed by atoms with van der Waals surface area (Å²) in [6, 6.07) is 13.2. The predicted octanol–water partition coefficient (Wildman–Crippen LogP) is 2.63. The number of halogens is 1. The molecule has 2 rings (SSSR count). The zero-order chi connectivity index (χ0) is 12.3. The maximum Gasteiger partial charge on any atom is 0.261 e. The van der Waals surface area contributed by atoms with E-state index >= 15 is 0 Å². The molecule has 2 aromatic carbocycles. The van der Waals surface area contributed by atoms with Gasteiger partial charge in [0.15, 0.2) is 0 Å². The van der Waals surface area contributed by atoms with Gasteiger partial charge in [0, 0.05) is 5.69 Å². The summed E-state index contributed by atoms with van der Waals surface area (Å²) in [4.78, 5) is 0.0303. The first-order chi connectivity index (χ1) is 8.08. The molecule has 1 N–H and O–H groups in total. The maximum absolute atomic E-state index is 12.7. The van der Waals surface area contributed by atoms with Crippen LogP contribution in [0.5, 0.6) is 0 Å². The van der Waals surface area contributed by atoms with Crippen LogP contribution in [-0.2, 0) is 10.0 Å². The highest BCUT2D eigenvalue weighted by molar-refractivity contribution is 7.92. The second-order valence-corrected chi connectivity index (χ2v) is 5.11. The predicted molar refractivity (Wildman–Crippen MR) is 63.7 cm³/mol. The number of benzene rings is 2. The van der Waals surface area contributed by atoms with E-state index in [0.29, 0.717) is 5.69 Å². The molecule has 88 valence electrons. The van der Waals surface area contributed by atoms with Gasteiger partial charge in [-0.3, -0.25) is 4.72 Å². The molecule has 0 spiro atoms. The third-order valence-corrected chi connectivity index (χ3v) is 3.55. The van der Waals surface area contributed by atoms with Crippen molar-refractivity contribution in [3.05, 3.63) is 60.4 Å². The zero-order valence-corrected chi connectivity index (χ0v) is 9.62. The molecule has 0 atom stereocenters. The van der Waals surface area contributed by atoms with Crippen molar-refractivity contribution in [2.24, 2.45) is 0 Å². The Labute approximate surface area is 99.0 Å². The fourth-order valence-corrected chi connectivity index (χ4v) is 2.39. The number of hydrogen-bond acceptors (Lipinski definition) is 2. The average Bonchev–Trinajstić information content (AvgIpc) is 2.30. The standard InChI is InChI=1S/C12H10FNO2S/c13-10-6-8-12(9-7-10)17(15,16)14-11-4-2-1-3-5-11/h1-9,14H. The molecule has 0 amide bonds. The molecule has 0 fully saturated rings. The first-order valence-corrected chi connectivity index (χ1v) is 6.40. The Kier molecular flexibility index (Phi) is 3.10. The largest absolute Gasteiger partial charge is 0.280 e. The molecule has 2 aromatic rings. The normalized spacial score (nSPS) is 11.1. The van der Waals surface area contributed by atoms with E-state index in [1.807, 2.05) is 0 Å². The van der Waals surface area contributed by atoms with E-state index in [2.05, 4.69) is 4.72 Å². The molecule has 0 saturated carbocycles. The third-order valence-electron chi connectivity index (χ3n) is 2.15.